The number of benzene rings is 1. The van der Waals surface area contributed by atoms with E-state index in [2.05, 4.69) is 14.7 Å². The molecule has 4 rings (SSSR count). The van der Waals surface area contributed by atoms with Crippen LogP contribution in [-0.4, -0.2) is 48.9 Å². The molecular weight excluding hydrogens is 425 g/mol. The van der Waals surface area contributed by atoms with Gasteiger partial charge in [-0.2, -0.15) is 0 Å². The molecule has 0 saturated carbocycles. The van der Waals surface area contributed by atoms with Gasteiger partial charge in [0.1, 0.15) is 11.3 Å². The van der Waals surface area contributed by atoms with Gasteiger partial charge in [-0.25, -0.2) is 22.6 Å². The minimum absolute atomic E-state index is 0.0290. The maximum Gasteiger partial charge on any atom is 0.360 e. The van der Waals surface area contributed by atoms with Gasteiger partial charge in [-0.3, -0.25) is 9.29 Å². The Morgan fingerprint density at radius 3 is 2.65 bits per heavy atom. The molecule has 162 valence electrons. The standard InChI is InChI=1S/C21H20FN3O5S/c1-30-21(27)18-19(26)17-16(20(24-18)25-8-2-3-9-31(25,28)29)11-14(12-23-17)10-13-4-6-15(22)7-5-13/h4-7,11-12,26H,2-3,8-10H2,1H3. The average molecular weight is 445 g/mol. The molecule has 31 heavy (non-hydrogen) atoms. The molecule has 0 bridgehead atoms. The van der Waals surface area contributed by atoms with E-state index in [1.807, 2.05) is 0 Å². The highest BCUT2D eigenvalue weighted by Crippen LogP contribution is 2.36. The summed E-state index contributed by atoms with van der Waals surface area (Å²) in [7, 11) is -2.50. The van der Waals surface area contributed by atoms with Crippen LogP contribution in [-0.2, 0) is 21.2 Å². The van der Waals surface area contributed by atoms with E-state index < -0.39 is 27.4 Å². The molecule has 1 N–H and O–H groups in total. The summed E-state index contributed by atoms with van der Waals surface area (Å²) in [6.45, 7) is 0.206. The fourth-order valence-corrected chi connectivity index (χ4v) is 5.19. The van der Waals surface area contributed by atoms with Crippen molar-refractivity contribution < 1.29 is 27.4 Å². The molecule has 10 heteroatoms. The van der Waals surface area contributed by atoms with Gasteiger partial charge in [0.05, 0.1) is 12.9 Å². The maximum absolute atomic E-state index is 13.2. The first-order valence-electron chi connectivity index (χ1n) is 9.65. The monoisotopic (exact) mass is 445 g/mol. The first-order valence-corrected chi connectivity index (χ1v) is 11.3. The SMILES string of the molecule is COC(=O)c1nc(N2CCCCS2(=O)=O)c2cc(Cc3ccc(F)cc3)cnc2c1O. The molecular formula is C21H20FN3O5S. The number of nitrogens with zero attached hydrogens (tertiary/aromatic N) is 3. The van der Waals surface area contributed by atoms with Crippen LogP contribution in [0.2, 0.25) is 0 Å². The summed E-state index contributed by atoms with van der Waals surface area (Å²) >= 11 is 0. The molecule has 1 aromatic carbocycles. The Kier molecular flexibility index (Phi) is 5.48. The number of hydrogen-bond donors (Lipinski definition) is 1. The van der Waals surface area contributed by atoms with E-state index in [9.17, 15) is 22.7 Å². The van der Waals surface area contributed by atoms with Crippen molar-refractivity contribution in [2.45, 2.75) is 19.3 Å². The topological polar surface area (TPSA) is 110 Å². The Hall–Kier alpha value is -3.27. The fraction of sp³-hybridized carbons (Fsp3) is 0.286. The molecule has 1 fully saturated rings. The molecule has 8 nitrogen and oxygen atoms in total. The minimum atomic E-state index is -3.64. The summed E-state index contributed by atoms with van der Waals surface area (Å²) in [6, 6.07) is 7.67. The zero-order valence-corrected chi connectivity index (χ0v) is 17.5. The molecule has 3 heterocycles. The summed E-state index contributed by atoms with van der Waals surface area (Å²) in [4.78, 5) is 20.6. The van der Waals surface area contributed by atoms with Crippen molar-refractivity contribution in [1.29, 1.82) is 0 Å². The van der Waals surface area contributed by atoms with Crippen LogP contribution >= 0.6 is 0 Å². The summed E-state index contributed by atoms with van der Waals surface area (Å²) in [5.41, 5.74) is 1.19. The lowest BCUT2D eigenvalue weighted by Gasteiger charge is -2.28. The number of ether oxygens (including phenoxy) is 1. The van der Waals surface area contributed by atoms with E-state index in [1.165, 1.54) is 18.3 Å². The highest BCUT2D eigenvalue weighted by Gasteiger charge is 2.31. The number of esters is 1. The third-order valence-electron chi connectivity index (χ3n) is 5.14. The second kappa shape index (κ2) is 8.10. The van der Waals surface area contributed by atoms with Crippen molar-refractivity contribution in [3.63, 3.8) is 0 Å². The number of rotatable bonds is 4. The predicted octanol–water partition coefficient (Wildman–Crippen LogP) is 2.78. The van der Waals surface area contributed by atoms with Crippen molar-refractivity contribution in [1.82, 2.24) is 9.97 Å². The van der Waals surface area contributed by atoms with Gasteiger partial charge >= 0.3 is 5.97 Å². The van der Waals surface area contributed by atoms with Crippen LogP contribution < -0.4 is 4.31 Å². The number of aromatic hydroxyl groups is 1. The number of fused-ring (bicyclic) bond motifs is 1. The molecule has 0 amide bonds. The van der Waals surface area contributed by atoms with Crippen LogP contribution in [0.25, 0.3) is 10.9 Å². The number of halogens is 1. The van der Waals surface area contributed by atoms with Crippen LogP contribution in [0.3, 0.4) is 0 Å². The smallest absolute Gasteiger partial charge is 0.360 e. The number of methoxy groups -OCH3 is 1. The lowest BCUT2D eigenvalue weighted by atomic mass is 10.0. The van der Waals surface area contributed by atoms with Gasteiger partial charge in [0, 0.05) is 18.1 Å². The molecule has 2 aromatic heterocycles. The second-order valence-corrected chi connectivity index (χ2v) is 9.28. The predicted molar refractivity (Wildman–Crippen MR) is 112 cm³/mol. The third-order valence-corrected chi connectivity index (χ3v) is 6.97. The molecule has 1 aliphatic rings. The van der Waals surface area contributed by atoms with Gasteiger partial charge in [-0.15, -0.1) is 0 Å². The van der Waals surface area contributed by atoms with E-state index in [1.54, 1.807) is 18.2 Å². The molecule has 0 atom stereocenters. The van der Waals surface area contributed by atoms with Crippen molar-refractivity contribution in [3.8, 4) is 5.75 Å². The highest BCUT2D eigenvalue weighted by atomic mass is 32.2. The molecule has 0 radical (unpaired) electrons. The van der Waals surface area contributed by atoms with Crippen LogP contribution in [0, 0.1) is 5.82 Å². The van der Waals surface area contributed by atoms with Crippen LogP contribution in [0.5, 0.6) is 5.75 Å². The first kappa shape index (κ1) is 21.0. The zero-order chi connectivity index (χ0) is 22.2. The van der Waals surface area contributed by atoms with E-state index in [0.717, 1.165) is 17.0 Å². The van der Waals surface area contributed by atoms with Gasteiger partial charge in [0.25, 0.3) is 0 Å². The van der Waals surface area contributed by atoms with Crippen molar-refractivity contribution in [3.05, 3.63) is 59.2 Å². The summed E-state index contributed by atoms with van der Waals surface area (Å²) < 4.78 is 44.5. The Balaban J connectivity index is 1.90. The molecule has 0 aliphatic carbocycles. The van der Waals surface area contributed by atoms with E-state index >= 15 is 0 Å². The molecule has 3 aromatic rings. The number of hydrogen-bond acceptors (Lipinski definition) is 7. The van der Waals surface area contributed by atoms with Gasteiger partial charge in [0.2, 0.25) is 10.0 Å². The van der Waals surface area contributed by atoms with E-state index in [4.69, 9.17) is 0 Å². The van der Waals surface area contributed by atoms with Gasteiger partial charge in [-0.05, 0) is 48.6 Å². The number of sulfonamides is 1. The molecule has 0 spiro atoms. The second-order valence-electron chi connectivity index (χ2n) is 7.26. The molecule has 0 unspecified atom stereocenters. The number of carbonyl (C=O) groups excluding carboxylic acids is 1. The Morgan fingerprint density at radius 2 is 1.97 bits per heavy atom. The highest BCUT2D eigenvalue weighted by molar-refractivity contribution is 7.92. The van der Waals surface area contributed by atoms with Crippen LogP contribution in [0.15, 0.2) is 36.5 Å². The van der Waals surface area contributed by atoms with E-state index in [-0.39, 0.29) is 29.4 Å². The Morgan fingerprint density at radius 1 is 1.23 bits per heavy atom. The summed E-state index contributed by atoms with van der Waals surface area (Å²) in [5.74, 6) is -1.72. The van der Waals surface area contributed by atoms with Gasteiger partial charge in [0.15, 0.2) is 17.3 Å². The number of aromatic nitrogens is 2. The number of carbonyl (C=O) groups is 1. The lowest BCUT2D eigenvalue weighted by molar-refractivity contribution is 0.0591. The van der Waals surface area contributed by atoms with Crippen LogP contribution in [0.1, 0.15) is 34.5 Å². The maximum atomic E-state index is 13.2. The van der Waals surface area contributed by atoms with Crippen molar-refractivity contribution in [2.24, 2.45) is 0 Å². The van der Waals surface area contributed by atoms with Crippen molar-refractivity contribution in [2.75, 3.05) is 23.7 Å². The van der Waals surface area contributed by atoms with Crippen molar-refractivity contribution >= 4 is 32.7 Å². The number of pyridine rings is 2. The fourth-order valence-electron chi connectivity index (χ4n) is 3.59. The zero-order valence-electron chi connectivity index (χ0n) is 16.7. The summed E-state index contributed by atoms with van der Waals surface area (Å²) in [6.07, 6.45) is 3.10. The largest absolute Gasteiger partial charge is 0.504 e. The molecule has 1 saturated heterocycles. The van der Waals surface area contributed by atoms with Gasteiger partial charge in [-0.1, -0.05) is 12.1 Å². The Bertz CT molecular complexity index is 1260. The average Bonchev–Trinajstić information content (AvgIpc) is 2.75. The first-order chi connectivity index (χ1) is 14.8. The quantitative estimate of drug-likeness (QED) is 0.615. The number of anilines is 1. The molecule has 1 aliphatic heterocycles. The van der Waals surface area contributed by atoms with Gasteiger partial charge < -0.3 is 9.84 Å². The van der Waals surface area contributed by atoms with Crippen LogP contribution in [0.4, 0.5) is 10.2 Å². The Labute approximate surface area is 178 Å². The lowest BCUT2D eigenvalue weighted by Crippen LogP contribution is -2.38. The minimum Gasteiger partial charge on any atom is -0.504 e. The third kappa shape index (κ3) is 4.02. The summed E-state index contributed by atoms with van der Waals surface area (Å²) in [5, 5.41) is 10.9. The normalized spacial score (nSPS) is 15.7. The van der Waals surface area contributed by atoms with E-state index in [0.29, 0.717) is 30.2 Å².